The highest BCUT2D eigenvalue weighted by atomic mass is 35.5. The minimum absolute atomic E-state index is 0.0698. The van der Waals surface area contributed by atoms with Gasteiger partial charge in [0.2, 0.25) is 5.78 Å². The minimum Gasteiger partial charge on any atom is -0.451 e. The number of carbonyl (C=O) groups is 3. The van der Waals surface area contributed by atoms with E-state index in [0.29, 0.717) is 25.7 Å². The molecule has 3 fully saturated rings. The maximum Gasteiger partial charge on any atom is 0.303 e. The van der Waals surface area contributed by atoms with E-state index in [0.717, 1.165) is 5.57 Å². The summed E-state index contributed by atoms with van der Waals surface area (Å²) in [4.78, 5) is 35.8. The van der Waals surface area contributed by atoms with Crippen LogP contribution < -0.4 is 0 Å². The number of esters is 1. The number of Topliss-reactive ketones (excluding diaryl/α,β-unsaturated/α-hetero) is 1. The third-order valence-electron chi connectivity index (χ3n) is 8.67. The van der Waals surface area contributed by atoms with Crippen molar-refractivity contribution in [2.75, 3.05) is 6.61 Å². The maximum absolute atomic E-state index is 12.9. The third-order valence-corrected chi connectivity index (χ3v) is 9.60. The number of rotatable bonds is 3. The van der Waals surface area contributed by atoms with E-state index >= 15 is 0 Å². The van der Waals surface area contributed by atoms with Gasteiger partial charge in [0.15, 0.2) is 11.4 Å². The van der Waals surface area contributed by atoms with Crippen molar-refractivity contribution in [2.45, 2.75) is 69.5 Å². The monoisotopic (exact) mass is 436 g/mol. The Balaban J connectivity index is 1.82. The number of ether oxygens (including phenoxy) is 1. The van der Waals surface area contributed by atoms with E-state index in [9.17, 15) is 24.6 Å². The molecule has 164 valence electrons. The van der Waals surface area contributed by atoms with Crippen LogP contribution in [0.15, 0.2) is 23.8 Å². The van der Waals surface area contributed by atoms with Crippen LogP contribution in [0.3, 0.4) is 0 Å². The van der Waals surface area contributed by atoms with Crippen molar-refractivity contribution in [3.8, 4) is 0 Å². The molecular weight excluding hydrogens is 408 g/mol. The van der Waals surface area contributed by atoms with Gasteiger partial charge in [-0.3, -0.25) is 14.4 Å². The van der Waals surface area contributed by atoms with Crippen LogP contribution in [0.2, 0.25) is 0 Å². The van der Waals surface area contributed by atoms with E-state index in [2.05, 4.69) is 0 Å². The lowest BCUT2D eigenvalue weighted by molar-refractivity contribution is -0.196. The molecule has 0 saturated heterocycles. The Hall–Kier alpha value is -1.50. The summed E-state index contributed by atoms with van der Waals surface area (Å²) in [5.41, 5.74) is -2.06. The second kappa shape index (κ2) is 6.75. The molecule has 1 unspecified atom stereocenters. The van der Waals surface area contributed by atoms with Gasteiger partial charge in [0.1, 0.15) is 6.61 Å². The van der Waals surface area contributed by atoms with E-state index < -0.39 is 45.8 Å². The minimum atomic E-state index is -1.47. The van der Waals surface area contributed by atoms with E-state index in [1.54, 1.807) is 6.08 Å². The summed E-state index contributed by atoms with van der Waals surface area (Å²) in [7, 11) is 0. The Morgan fingerprint density at radius 2 is 1.97 bits per heavy atom. The smallest absolute Gasteiger partial charge is 0.303 e. The third kappa shape index (κ3) is 2.47. The van der Waals surface area contributed by atoms with Crippen LogP contribution in [0.5, 0.6) is 0 Å². The zero-order chi connectivity index (χ0) is 22.1. The molecule has 4 rings (SSSR count). The van der Waals surface area contributed by atoms with E-state index in [1.165, 1.54) is 13.0 Å². The number of allylic oxidation sites excluding steroid dienone is 4. The second-order valence-corrected chi connectivity index (χ2v) is 10.4. The summed E-state index contributed by atoms with van der Waals surface area (Å²) in [6, 6.07) is 0. The van der Waals surface area contributed by atoms with Crippen LogP contribution in [0.4, 0.5) is 0 Å². The van der Waals surface area contributed by atoms with Gasteiger partial charge in [-0.1, -0.05) is 25.5 Å². The Labute approximate surface area is 181 Å². The van der Waals surface area contributed by atoms with E-state index in [-0.39, 0.29) is 24.0 Å². The topological polar surface area (TPSA) is 101 Å². The van der Waals surface area contributed by atoms with Crippen molar-refractivity contribution in [1.29, 1.82) is 0 Å². The highest BCUT2D eigenvalue weighted by Crippen LogP contribution is 2.71. The average Bonchev–Trinajstić information content (AvgIpc) is 2.95. The molecule has 6 nitrogen and oxygen atoms in total. The number of halogens is 1. The molecule has 0 aromatic carbocycles. The molecule has 0 bridgehead atoms. The molecule has 7 heteroatoms. The summed E-state index contributed by atoms with van der Waals surface area (Å²) in [5, 5.41) is 21.1. The van der Waals surface area contributed by atoms with Gasteiger partial charge in [-0.2, -0.15) is 0 Å². The Morgan fingerprint density at radius 3 is 2.60 bits per heavy atom. The number of alkyl halides is 1. The molecule has 0 aromatic heterocycles. The molecule has 0 heterocycles. The SMILES string of the molecule is CC(=O)O[C@]1(C(=O)CO)CC[C@H]2[C@@H]3CCC4=CC(=O)C=C[C@]4(C)[C@@]3(Cl)C(O)C[C@@]21C. The standard InChI is InChI=1S/C23H29ClO6/c1-13(26)30-22(19(29)12-25)9-7-16-17-5-4-14-10-15(27)6-8-20(14,2)23(17,24)18(28)11-21(16,22)3/h6,8,10,16-18,25,28H,4-5,7,9,11-12H2,1-3H3/t16-,17-,18?,20-,21-,22-,23-/m0/s1. The molecule has 0 amide bonds. The summed E-state index contributed by atoms with van der Waals surface area (Å²) in [6.07, 6.45) is 6.42. The highest BCUT2D eigenvalue weighted by molar-refractivity contribution is 6.26. The Morgan fingerprint density at radius 1 is 1.27 bits per heavy atom. The zero-order valence-electron chi connectivity index (χ0n) is 17.6. The second-order valence-electron chi connectivity index (χ2n) is 9.81. The van der Waals surface area contributed by atoms with Gasteiger partial charge < -0.3 is 14.9 Å². The maximum atomic E-state index is 12.9. The van der Waals surface area contributed by atoms with Crippen LogP contribution in [0.1, 0.15) is 52.9 Å². The predicted octanol–water partition coefficient (Wildman–Crippen LogP) is 2.49. The van der Waals surface area contributed by atoms with Crippen LogP contribution in [0, 0.1) is 22.7 Å². The lowest BCUT2D eigenvalue weighted by Crippen LogP contribution is -2.69. The quantitative estimate of drug-likeness (QED) is 0.520. The van der Waals surface area contributed by atoms with E-state index in [1.807, 2.05) is 19.9 Å². The predicted molar refractivity (Wildman–Crippen MR) is 110 cm³/mol. The van der Waals surface area contributed by atoms with Crippen LogP contribution in [-0.4, -0.2) is 50.9 Å². The molecule has 30 heavy (non-hydrogen) atoms. The van der Waals surface area contributed by atoms with Gasteiger partial charge in [0.05, 0.1) is 11.0 Å². The molecule has 4 aliphatic carbocycles. The molecule has 2 N–H and O–H groups in total. The summed E-state index contributed by atoms with van der Waals surface area (Å²) < 4.78 is 5.66. The van der Waals surface area contributed by atoms with Gasteiger partial charge in [0.25, 0.3) is 0 Å². The number of carbonyl (C=O) groups excluding carboxylic acids is 3. The van der Waals surface area contributed by atoms with Crippen LogP contribution >= 0.6 is 11.6 Å². The normalized spacial score (nSPS) is 47.1. The largest absolute Gasteiger partial charge is 0.451 e. The number of hydrogen-bond donors (Lipinski definition) is 2. The van der Waals surface area contributed by atoms with Crippen molar-refractivity contribution >= 4 is 29.1 Å². The first-order valence-corrected chi connectivity index (χ1v) is 11.0. The lowest BCUT2D eigenvalue weighted by atomic mass is 9.45. The molecule has 7 atom stereocenters. The van der Waals surface area contributed by atoms with Gasteiger partial charge in [-0.15, -0.1) is 11.6 Å². The molecule has 0 radical (unpaired) electrons. The molecule has 3 saturated carbocycles. The molecule has 0 aromatic rings. The first kappa shape index (κ1) is 21.7. The zero-order valence-corrected chi connectivity index (χ0v) is 18.4. The summed E-state index contributed by atoms with van der Waals surface area (Å²) >= 11 is 7.34. The fourth-order valence-electron chi connectivity index (χ4n) is 7.25. The van der Waals surface area contributed by atoms with Crippen molar-refractivity contribution in [2.24, 2.45) is 22.7 Å². The van der Waals surface area contributed by atoms with Gasteiger partial charge in [-0.25, -0.2) is 0 Å². The van der Waals surface area contributed by atoms with Gasteiger partial charge in [-0.05, 0) is 56.1 Å². The molecule has 4 aliphatic rings. The fraction of sp³-hybridized carbons (Fsp3) is 0.696. The average molecular weight is 437 g/mol. The number of fused-ring (bicyclic) bond motifs is 5. The highest BCUT2D eigenvalue weighted by Gasteiger charge is 2.74. The lowest BCUT2D eigenvalue weighted by Gasteiger charge is -2.64. The van der Waals surface area contributed by atoms with Gasteiger partial charge >= 0.3 is 5.97 Å². The number of hydrogen-bond acceptors (Lipinski definition) is 6. The number of ketones is 2. The Kier molecular flexibility index (Phi) is 4.89. The molecule has 0 spiro atoms. The number of aliphatic hydroxyl groups is 2. The Bertz CT molecular complexity index is 879. The first-order valence-electron chi connectivity index (χ1n) is 10.6. The number of aliphatic hydroxyl groups excluding tert-OH is 2. The molecule has 0 aliphatic heterocycles. The molecular formula is C23H29ClO6. The first-order chi connectivity index (χ1) is 14.0. The van der Waals surface area contributed by atoms with Crippen molar-refractivity contribution < 1.29 is 29.3 Å². The fourth-order valence-corrected chi connectivity index (χ4v) is 7.78. The van der Waals surface area contributed by atoms with Crippen LogP contribution in [0.25, 0.3) is 0 Å². The van der Waals surface area contributed by atoms with Gasteiger partial charge in [0, 0.05) is 17.8 Å². The summed E-state index contributed by atoms with van der Waals surface area (Å²) in [6.45, 7) is 4.39. The van der Waals surface area contributed by atoms with Crippen molar-refractivity contribution in [3.63, 3.8) is 0 Å². The van der Waals surface area contributed by atoms with Crippen LogP contribution in [-0.2, 0) is 19.1 Å². The van der Waals surface area contributed by atoms with Crippen molar-refractivity contribution in [3.05, 3.63) is 23.8 Å². The summed E-state index contributed by atoms with van der Waals surface area (Å²) in [5.74, 6) is -1.39. The van der Waals surface area contributed by atoms with E-state index in [4.69, 9.17) is 16.3 Å². The van der Waals surface area contributed by atoms with Crippen molar-refractivity contribution in [1.82, 2.24) is 0 Å².